The largest absolute Gasteiger partial charge is 0.367 e. The van der Waals surface area contributed by atoms with E-state index < -0.39 is 0 Å². The number of aromatic nitrogens is 1. The fraction of sp³-hybridized carbons (Fsp3) is 0.214. The summed E-state index contributed by atoms with van der Waals surface area (Å²) in [6.07, 6.45) is 0.967. The van der Waals surface area contributed by atoms with Gasteiger partial charge in [-0.25, -0.2) is 4.98 Å². The van der Waals surface area contributed by atoms with E-state index in [1.165, 1.54) is 5.56 Å². The molecule has 0 saturated carbocycles. The molecule has 1 heterocycles. The van der Waals surface area contributed by atoms with Crippen molar-refractivity contribution in [3.63, 3.8) is 0 Å². The van der Waals surface area contributed by atoms with E-state index in [0.29, 0.717) is 11.2 Å². The molecule has 0 spiro atoms. The van der Waals surface area contributed by atoms with Crippen LogP contribution in [0.4, 0.5) is 5.82 Å². The molecule has 2 nitrogen and oxygen atoms in total. The number of benzene rings is 1. The summed E-state index contributed by atoms with van der Waals surface area (Å²) in [6.45, 7) is 2.13. The molecular weight excluding hydrogens is 232 g/mol. The van der Waals surface area contributed by atoms with Gasteiger partial charge >= 0.3 is 0 Å². The Morgan fingerprint density at radius 1 is 1.12 bits per heavy atom. The van der Waals surface area contributed by atoms with Gasteiger partial charge in [0.05, 0.1) is 0 Å². The van der Waals surface area contributed by atoms with Crippen molar-refractivity contribution in [3.05, 3.63) is 59.2 Å². The van der Waals surface area contributed by atoms with Crippen LogP contribution in [0.3, 0.4) is 0 Å². The quantitative estimate of drug-likeness (QED) is 0.831. The molecule has 0 saturated heterocycles. The molecule has 0 aliphatic rings. The highest BCUT2D eigenvalue weighted by atomic mass is 35.5. The molecule has 88 valence electrons. The lowest BCUT2D eigenvalue weighted by molar-refractivity contribution is 0.785. The SMILES string of the molecule is CC(Cc1ccccc1)Nc1cccc(Cl)n1. The first kappa shape index (κ1) is 11.9. The van der Waals surface area contributed by atoms with Gasteiger partial charge in [-0.1, -0.05) is 48.0 Å². The van der Waals surface area contributed by atoms with E-state index in [-0.39, 0.29) is 0 Å². The summed E-state index contributed by atoms with van der Waals surface area (Å²) in [5.74, 6) is 0.820. The van der Waals surface area contributed by atoms with Gasteiger partial charge in [-0.3, -0.25) is 0 Å². The summed E-state index contributed by atoms with van der Waals surface area (Å²) in [5.41, 5.74) is 1.31. The van der Waals surface area contributed by atoms with E-state index >= 15 is 0 Å². The average molecular weight is 247 g/mol. The second-order valence-electron chi connectivity index (χ2n) is 4.08. The number of hydrogen-bond acceptors (Lipinski definition) is 2. The standard InChI is InChI=1S/C14H15ClN2/c1-11(10-12-6-3-2-4-7-12)16-14-9-5-8-13(15)17-14/h2-9,11H,10H2,1H3,(H,16,17). The summed E-state index contributed by atoms with van der Waals surface area (Å²) in [7, 11) is 0. The van der Waals surface area contributed by atoms with Crippen LogP contribution < -0.4 is 5.32 Å². The van der Waals surface area contributed by atoms with Crippen LogP contribution >= 0.6 is 11.6 Å². The first-order valence-corrected chi connectivity index (χ1v) is 6.05. The van der Waals surface area contributed by atoms with Gasteiger partial charge in [0.25, 0.3) is 0 Å². The molecule has 1 aromatic carbocycles. The highest BCUT2D eigenvalue weighted by molar-refractivity contribution is 6.29. The lowest BCUT2D eigenvalue weighted by atomic mass is 10.1. The van der Waals surface area contributed by atoms with E-state index in [1.807, 2.05) is 18.2 Å². The summed E-state index contributed by atoms with van der Waals surface area (Å²) < 4.78 is 0. The Balaban J connectivity index is 1.96. The highest BCUT2D eigenvalue weighted by Gasteiger charge is 2.04. The maximum atomic E-state index is 5.84. The van der Waals surface area contributed by atoms with Gasteiger partial charge in [-0.2, -0.15) is 0 Å². The molecule has 1 aromatic heterocycles. The maximum absolute atomic E-state index is 5.84. The van der Waals surface area contributed by atoms with Crippen molar-refractivity contribution >= 4 is 17.4 Å². The molecule has 0 bridgehead atoms. The number of pyridine rings is 1. The molecule has 0 radical (unpaired) electrons. The fourth-order valence-corrected chi connectivity index (χ4v) is 1.92. The van der Waals surface area contributed by atoms with Gasteiger partial charge in [0.2, 0.25) is 0 Å². The van der Waals surface area contributed by atoms with Crippen molar-refractivity contribution in [1.29, 1.82) is 0 Å². The monoisotopic (exact) mass is 246 g/mol. The molecule has 0 amide bonds. The van der Waals surface area contributed by atoms with Crippen molar-refractivity contribution in [2.24, 2.45) is 0 Å². The molecule has 0 aliphatic carbocycles. The Bertz CT molecular complexity index is 471. The number of hydrogen-bond donors (Lipinski definition) is 1. The van der Waals surface area contributed by atoms with Crippen molar-refractivity contribution < 1.29 is 0 Å². The zero-order valence-electron chi connectivity index (χ0n) is 9.73. The number of nitrogens with one attached hydrogen (secondary N) is 1. The van der Waals surface area contributed by atoms with Gasteiger partial charge in [0.1, 0.15) is 11.0 Å². The normalized spacial score (nSPS) is 12.1. The van der Waals surface area contributed by atoms with Crippen LogP contribution in [0.15, 0.2) is 48.5 Å². The number of nitrogens with zero attached hydrogens (tertiary/aromatic N) is 1. The van der Waals surface area contributed by atoms with Crippen LogP contribution in [0.5, 0.6) is 0 Å². The number of anilines is 1. The lowest BCUT2D eigenvalue weighted by Gasteiger charge is -2.14. The zero-order valence-corrected chi connectivity index (χ0v) is 10.5. The van der Waals surface area contributed by atoms with Gasteiger partial charge in [0.15, 0.2) is 0 Å². The molecule has 1 atom stereocenters. The summed E-state index contributed by atoms with van der Waals surface area (Å²) in [5, 5.41) is 3.85. The van der Waals surface area contributed by atoms with Gasteiger partial charge in [-0.15, -0.1) is 0 Å². The average Bonchev–Trinajstić information content (AvgIpc) is 2.30. The van der Waals surface area contributed by atoms with Crippen LogP contribution in [0, 0.1) is 0 Å². The van der Waals surface area contributed by atoms with Crippen LogP contribution in [-0.4, -0.2) is 11.0 Å². The van der Waals surface area contributed by atoms with Gasteiger partial charge in [-0.05, 0) is 31.0 Å². The molecule has 3 heteroatoms. The Labute approximate surface area is 107 Å². The first-order chi connectivity index (χ1) is 8.24. The Kier molecular flexibility index (Phi) is 3.99. The molecule has 2 aromatic rings. The maximum Gasteiger partial charge on any atom is 0.131 e. The molecule has 0 aliphatic heterocycles. The fourth-order valence-electron chi connectivity index (χ4n) is 1.76. The minimum absolute atomic E-state index is 0.323. The van der Waals surface area contributed by atoms with Crippen molar-refractivity contribution in [2.45, 2.75) is 19.4 Å². The third kappa shape index (κ3) is 3.75. The van der Waals surface area contributed by atoms with Crippen LogP contribution in [-0.2, 0) is 6.42 Å². The third-order valence-corrected chi connectivity index (χ3v) is 2.70. The van der Waals surface area contributed by atoms with Crippen molar-refractivity contribution in [2.75, 3.05) is 5.32 Å². The highest BCUT2D eigenvalue weighted by Crippen LogP contribution is 2.12. The topological polar surface area (TPSA) is 24.9 Å². The molecule has 1 unspecified atom stereocenters. The second kappa shape index (κ2) is 5.69. The third-order valence-electron chi connectivity index (χ3n) is 2.49. The minimum atomic E-state index is 0.323. The summed E-state index contributed by atoms with van der Waals surface area (Å²) >= 11 is 5.84. The van der Waals surface area contributed by atoms with Crippen LogP contribution in [0.25, 0.3) is 0 Å². The zero-order chi connectivity index (χ0) is 12.1. The Morgan fingerprint density at radius 3 is 2.59 bits per heavy atom. The molecular formula is C14H15ClN2. The Hall–Kier alpha value is -1.54. The summed E-state index contributed by atoms with van der Waals surface area (Å²) in [4.78, 5) is 4.21. The second-order valence-corrected chi connectivity index (χ2v) is 4.47. The summed E-state index contributed by atoms with van der Waals surface area (Å²) in [6, 6.07) is 16.3. The van der Waals surface area contributed by atoms with Gasteiger partial charge < -0.3 is 5.32 Å². The van der Waals surface area contributed by atoms with E-state index in [2.05, 4.69) is 41.5 Å². The predicted molar refractivity (Wildman–Crippen MR) is 72.5 cm³/mol. The number of halogens is 1. The van der Waals surface area contributed by atoms with Gasteiger partial charge in [0, 0.05) is 6.04 Å². The molecule has 17 heavy (non-hydrogen) atoms. The lowest BCUT2D eigenvalue weighted by Crippen LogP contribution is -2.18. The number of rotatable bonds is 4. The predicted octanol–water partition coefficient (Wildman–Crippen LogP) is 3.78. The van der Waals surface area contributed by atoms with Crippen molar-refractivity contribution in [3.8, 4) is 0 Å². The Morgan fingerprint density at radius 2 is 1.88 bits per heavy atom. The smallest absolute Gasteiger partial charge is 0.131 e. The van der Waals surface area contributed by atoms with E-state index in [4.69, 9.17) is 11.6 Å². The van der Waals surface area contributed by atoms with E-state index in [0.717, 1.165) is 12.2 Å². The molecule has 2 rings (SSSR count). The molecule has 1 N–H and O–H groups in total. The first-order valence-electron chi connectivity index (χ1n) is 5.67. The minimum Gasteiger partial charge on any atom is -0.367 e. The van der Waals surface area contributed by atoms with Crippen LogP contribution in [0.2, 0.25) is 5.15 Å². The van der Waals surface area contributed by atoms with Crippen molar-refractivity contribution in [1.82, 2.24) is 4.98 Å². The molecule has 0 fully saturated rings. The van der Waals surface area contributed by atoms with Crippen LogP contribution in [0.1, 0.15) is 12.5 Å². The van der Waals surface area contributed by atoms with E-state index in [9.17, 15) is 0 Å². The van der Waals surface area contributed by atoms with E-state index in [1.54, 1.807) is 6.07 Å².